The zero-order valence-electron chi connectivity index (χ0n) is 13.4. The Morgan fingerprint density at radius 3 is 2.75 bits per heavy atom. The third-order valence-electron chi connectivity index (χ3n) is 4.13. The summed E-state index contributed by atoms with van der Waals surface area (Å²) in [5, 5.41) is 12.2. The molecule has 2 unspecified atom stereocenters. The van der Waals surface area contributed by atoms with E-state index in [1.165, 1.54) is 22.2 Å². The van der Waals surface area contributed by atoms with Crippen molar-refractivity contribution in [2.45, 2.75) is 18.6 Å². The normalized spacial score (nSPS) is 23.2. The number of fused-ring (bicyclic) bond motifs is 1. The van der Waals surface area contributed by atoms with Crippen LogP contribution in [0.3, 0.4) is 0 Å². The second-order valence-electron chi connectivity index (χ2n) is 5.68. The number of aliphatic imine (C=N–C) groups is 1. The molecule has 3 rings (SSSR count). The fourth-order valence-electron chi connectivity index (χ4n) is 2.89. The van der Waals surface area contributed by atoms with Crippen LogP contribution in [0.1, 0.15) is 5.56 Å². The minimum atomic E-state index is -0.516. The lowest BCUT2D eigenvalue weighted by molar-refractivity contribution is -0.127. The average Bonchev–Trinajstić information content (AvgIpc) is 2.96. The monoisotopic (exact) mass is 348 g/mol. The summed E-state index contributed by atoms with van der Waals surface area (Å²) in [5.74, 6) is 0.179. The predicted octanol–water partition coefficient (Wildman–Crippen LogP) is 0.503. The maximum Gasteiger partial charge on any atom is 0.325 e. The first-order chi connectivity index (χ1) is 11.6. The van der Waals surface area contributed by atoms with E-state index in [-0.39, 0.29) is 12.5 Å². The molecule has 2 heterocycles. The van der Waals surface area contributed by atoms with Crippen LogP contribution in [0.15, 0.2) is 35.3 Å². The first kappa shape index (κ1) is 16.8. The summed E-state index contributed by atoms with van der Waals surface area (Å²) in [6.07, 6.45) is 0.261. The second kappa shape index (κ2) is 7.23. The molecule has 0 aliphatic carbocycles. The summed E-state index contributed by atoms with van der Waals surface area (Å²) in [6.45, 7) is 0.657. The van der Waals surface area contributed by atoms with E-state index in [2.05, 4.69) is 10.3 Å². The standard InChI is InChI=1S/C16H20N4O3S/c1-19-13-12(14(22)18-15(19)23)20(16(17-13)24-10-9-21)8-7-11-5-3-2-4-6-11/h2-6,12-13,21H,7-10H2,1H3,(H,18,22,23). The summed E-state index contributed by atoms with van der Waals surface area (Å²) in [5.41, 5.74) is 1.17. The van der Waals surface area contributed by atoms with Crippen molar-refractivity contribution < 1.29 is 14.7 Å². The van der Waals surface area contributed by atoms with Gasteiger partial charge in [0.1, 0.15) is 0 Å². The molecule has 2 aliphatic rings. The van der Waals surface area contributed by atoms with Gasteiger partial charge in [-0.3, -0.25) is 10.1 Å². The number of imide groups is 1. The van der Waals surface area contributed by atoms with Crippen LogP contribution in [0.25, 0.3) is 0 Å². The van der Waals surface area contributed by atoms with Crippen LogP contribution in [0, 0.1) is 0 Å². The number of rotatable bonds is 5. The molecule has 24 heavy (non-hydrogen) atoms. The van der Waals surface area contributed by atoms with E-state index in [9.17, 15) is 9.59 Å². The number of hydrogen-bond acceptors (Lipinski definition) is 6. The number of amides is 3. The molecule has 1 aromatic carbocycles. The highest BCUT2D eigenvalue weighted by Crippen LogP contribution is 2.28. The van der Waals surface area contributed by atoms with Crippen LogP contribution in [-0.2, 0) is 11.2 Å². The van der Waals surface area contributed by atoms with Gasteiger partial charge in [-0.1, -0.05) is 42.1 Å². The predicted molar refractivity (Wildman–Crippen MR) is 92.7 cm³/mol. The van der Waals surface area contributed by atoms with Crippen LogP contribution in [0.5, 0.6) is 0 Å². The molecule has 0 saturated carbocycles. The number of likely N-dealkylation sites (N-methyl/N-ethyl adjacent to an activating group) is 1. The number of nitrogens with zero attached hydrogens (tertiary/aromatic N) is 3. The van der Waals surface area contributed by atoms with Crippen molar-refractivity contribution in [3.8, 4) is 0 Å². The molecule has 0 spiro atoms. The minimum Gasteiger partial charge on any atom is -0.396 e. The number of aliphatic hydroxyl groups excluding tert-OH is 1. The van der Waals surface area contributed by atoms with Crippen LogP contribution >= 0.6 is 11.8 Å². The van der Waals surface area contributed by atoms with Crippen molar-refractivity contribution >= 4 is 28.9 Å². The quantitative estimate of drug-likeness (QED) is 0.810. The van der Waals surface area contributed by atoms with E-state index in [0.717, 1.165) is 6.42 Å². The van der Waals surface area contributed by atoms with Crippen LogP contribution in [-0.4, -0.2) is 70.2 Å². The summed E-state index contributed by atoms with van der Waals surface area (Å²) < 4.78 is 0. The van der Waals surface area contributed by atoms with Crippen molar-refractivity contribution in [3.63, 3.8) is 0 Å². The van der Waals surface area contributed by atoms with Gasteiger partial charge >= 0.3 is 6.03 Å². The zero-order valence-corrected chi connectivity index (χ0v) is 14.2. The van der Waals surface area contributed by atoms with Gasteiger partial charge in [0.2, 0.25) is 0 Å². The van der Waals surface area contributed by atoms with Crippen LogP contribution < -0.4 is 5.32 Å². The Hall–Kier alpha value is -2.06. The number of benzene rings is 1. The first-order valence-electron chi connectivity index (χ1n) is 7.81. The number of carbonyl (C=O) groups excluding carboxylic acids is 2. The summed E-state index contributed by atoms with van der Waals surface area (Å²) in [7, 11) is 1.64. The fourth-order valence-corrected chi connectivity index (χ4v) is 3.71. The third-order valence-corrected chi connectivity index (χ3v) is 5.11. The number of carbonyl (C=O) groups is 2. The highest BCUT2D eigenvalue weighted by molar-refractivity contribution is 8.13. The van der Waals surface area contributed by atoms with E-state index in [1.54, 1.807) is 7.05 Å². The Kier molecular flexibility index (Phi) is 5.06. The molecule has 3 amide bonds. The van der Waals surface area contributed by atoms with Gasteiger partial charge in [-0.25, -0.2) is 9.79 Å². The summed E-state index contributed by atoms with van der Waals surface area (Å²) in [6, 6.07) is 9.08. The molecule has 1 fully saturated rings. The van der Waals surface area contributed by atoms with Crippen molar-refractivity contribution in [3.05, 3.63) is 35.9 Å². The van der Waals surface area contributed by atoms with Crippen LogP contribution in [0.2, 0.25) is 0 Å². The molecular formula is C16H20N4O3S. The van der Waals surface area contributed by atoms with E-state index in [0.29, 0.717) is 17.5 Å². The van der Waals surface area contributed by atoms with Gasteiger partial charge in [-0.2, -0.15) is 0 Å². The zero-order chi connectivity index (χ0) is 17.1. The van der Waals surface area contributed by atoms with Crippen molar-refractivity contribution in [1.82, 2.24) is 15.1 Å². The lowest BCUT2D eigenvalue weighted by atomic mass is 10.1. The topological polar surface area (TPSA) is 85.2 Å². The lowest BCUT2D eigenvalue weighted by Gasteiger charge is -2.36. The Bertz CT molecular complexity index is 652. The van der Waals surface area contributed by atoms with Gasteiger partial charge in [-0.05, 0) is 12.0 Å². The van der Waals surface area contributed by atoms with Gasteiger partial charge < -0.3 is 14.9 Å². The Balaban J connectivity index is 1.79. The smallest absolute Gasteiger partial charge is 0.325 e. The molecule has 1 saturated heterocycles. The van der Waals surface area contributed by atoms with Crippen molar-refractivity contribution in [2.75, 3.05) is 26.0 Å². The largest absolute Gasteiger partial charge is 0.396 e. The van der Waals surface area contributed by atoms with Gasteiger partial charge in [-0.15, -0.1) is 0 Å². The molecule has 2 N–H and O–H groups in total. The van der Waals surface area contributed by atoms with Crippen molar-refractivity contribution in [1.29, 1.82) is 0 Å². The van der Waals surface area contributed by atoms with E-state index in [4.69, 9.17) is 5.11 Å². The van der Waals surface area contributed by atoms with Gasteiger partial charge in [0.15, 0.2) is 17.4 Å². The number of urea groups is 1. The van der Waals surface area contributed by atoms with Crippen LogP contribution in [0.4, 0.5) is 4.79 Å². The number of thioether (sulfide) groups is 1. The number of amidine groups is 1. The summed E-state index contributed by atoms with van der Waals surface area (Å²) in [4.78, 5) is 32.1. The maximum atomic E-state index is 12.3. The Morgan fingerprint density at radius 2 is 2.04 bits per heavy atom. The molecule has 2 atom stereocenters. The molecule has 0 aromatic heterocycles. The molecular weight excluding hydrogens is 328 g/mol. The molecule has 128 valence electrons. The third kappa shape index (κ3) is 3.25. The second-order valence-corrected chi connectivity index (χ2v) is 6.74. The molecule has 0 radical (unpaired) electrons. The van der Waals surface area contributed by atoms with Gasteiger partial charge in [0.25, 0.3) is 5.91 Å². The molecule has 0 bridgehead atoms. The number of nitrogens with one attached hydrogen (secondary N) is 1. The molecule has 1 aromatic rings. The highest BCUT2D eigenvalue weighted by atomic mass is 32.2. The SMILES string of the molecule is CN1C(=O)NC(=O)C2C1N=C(SCCO)N2CCc1ccccc1. The van der Waals surface area contributed by atoms with E-state index in [1.807, 2.05) is 35.2 Å². The Morgan fingerprint density at radius 1 is 1.29 bits per heavy atom. The maximum absolute atomic E-state index is 12.3. The van der Waals surface area contributed by atoms with E-state index >= 15 is 0 Å². The molecule has 2 aliphatic heterocycles. The number of hydrogen-bond donors (Lipinski definition) is 2. The van der Waals surface area contributed by atoms with Gasteiger partial charge in [0.05, 0.1) is 6.61 Å². The minimum absolute atomic E-state index is 0.0342. The first-order valence-corrected chi connectivity index (χ1v) is 8.80. The van der Waals surface area contributed by atoms with Crippen molar-refractivity contribution in [2.24, 2.45) is 4.99 Å². The number of aliphatic hydroxyl groups is 1. The fraction of sp³-hybridized carbons (Fsp3) is 0.438. The summed E-state index contributed by atoms with van der Waals surface area (Å²) >= 11 is 1.41. The molecule has 7 nitrogen and oxygen atoms in total. The molecule has 8 heteroatoms. The average molecular weight is 348 g/mol. The Labute approximate surface area is 144 Å². The lowest BCUT2D eigenvalue weighted by Crippen LogP contribution is -2.63. The van der Waals surface area contributed by atoms with E-state index < -0.39 is 18.2 Å². The van der Waals surface area contributed by atoms with Gasteiger partial charge in [0, 0.05) is 19.3 Å². The highest BCUT2D eigenvalue weighted by Gasteiger charge is 2.48.